The van der Waals surface area contributed by atoms with Crippen LogP contribution in [0.15, 0.2) is 22.8 Å². The number of rotatable bonds is 4. The van der Waals surface area contributed by atoms with Gasteiger partial charge in [0.05, 0.1) is 24.4 Å². The van der Waals surface area contributed by atoms with E-state index in [0.717, 1.165) is 50.6 Å². The molecule has 1 N–H and O–H groups in total. The number of nitrogens with one attached hydrogen (secondary N) is 1. The van der Waals surface area contributed by atoms with Crippen LogP contribution in [0.3, 0.4) is 0 Å². The zero-order chi connectivity index (χ0) is 21.4. The van der Waals surface area contributed by atoms with E-state index in [1.807, 2.05) is 17.6 Å². The molecule has 5 rings (SSSR count). The van der Waals surface area contributed by atoms with Gasteiger partial charge in [-0.1, -0.05) is 32.1 Å². The third-order valence-electron chi connectivity index (χ3n) is 7.39. The first-order valence-corrected chi connectivity index (χ1v) is 11.9. The SMILES string of the molecule is C[C@]1(C(=O)NC2CCCCCCC2)Cn2c(cc3occc32)C(=O)N1C[C@@H]1CCCO1. The normalized spacial score (nSPS) is 27.8. The van der Waals surface area contributed by atoms with Crippen molar-refractivity contribution in [2.75, 3.05) is 13.2 Å². The molecule has 1 saturated carbocycles. The predicted molar refractivity (Wildman–Crippen MR) is 117 cm³/mol. The molecule has 7 heteroatoms. The van der Waals surface area contributed by atoms with Gasteiger partial charge in [-0.15, -0.1) is 0 Å². The van der Waals surface area contributed by atoms with Gasteiger partial charge < -0.3 is 23.9 Å². The van der Waals surface area contributed by atoms with Crippen LogP contribution in [0.25, 0.3) is 11.1 Å². The number of nitrogens with zero attached hydrogens (tertiary/aromatic N) is 2. The molecule has 2 aromatic heterocycles. The number of aromatic nitrogens is 1. The molecule has 0 aromatic carbocycles. The minimum absolute atomic E-state index is 0.0121. The van der Waals surface area contributed by atoms with Crippen molar-refractivity contribution in [2.45, 2.75) is 88.9 Å². The van der Waals surface area contributed by atoms with Gasteiger partial charge in [0.15, 0.2) is 5.58 Å². The van der Waals surface area contributed by atoms with Crippen molar-refractivity contribution in [3.63, 3.8) is 0 Å². The van der Waals surface area contributed by atoms with Gasteiger partial charge in [-0.05, 0) is 32.6 Å². The maximum atomic E-state index is 13.7. The van der Waals surface area contributed by atoms with E-state index < -0.39 is 5.54 Å². The number of furan rings is 1. The molecule has 0 radical (unpaired) electrons. The smallest absolute Gasteiger partial charge is 0.271 e. The van der Waals surface area contributed by atoms with Crippen LogP contribution in [0.1, 0.15) is 75.2 Å². The van der Waals surface area contributed by atoms with Crippen LogP contribution in [0.4, 0.5) is 0 Å². The summed E-state index contributed by atoms with van der Waals surface area (Å²) in [6.07, 6.45) is 11.6. The molecule has 2 amide bonds. The first-order chi connectivity index (χ1) is 15.1. The van der Waals surface area contributed by atoms with Gasteiger partial charge in [0, 0.05) is 31.3 Å². The lowest BCUT2D eigenvalue weighted by atomic mass is 9.91. The van der Waals surface area contributed by atoms with Crippen LogP contribution in [0.5, 0.6) is 0 Å². The Bertz CT molecular complexity index is 949. The van der Waals surface area contributed by atoms with Crippen LogP contribution < -0.4 is 5.32 Å². The summed E-state index contributed by atoms with van der Waals surface area (Å²) in [5.74, 6) is -0.177. The molecule has 2 atom stereocenters. The Kier molecular flexibility index (Phi) is 5.54. The fourth-order valence-corrected chi connectivity index (χ4v) is 5.49. The number of carbonyl (C=O) groups is 2. The largest absolute Gasteiger partial charge is 0.463 e. The van der Waals surface area contributed by atoms with Crippen molar-refractivity contribution in [1.82, 2.24) is 14.8 Å². The van der Waals surface area contributed by atoms with Gasteiger partial charge in [-0.3, -0.25) is 9.59 Å². The van der Waals surface area contributed by atoms with E-state index in [0.29, 0.717) is 24.4 Å². The molecule has 7 nitrogen and oxygen atoms in total. The number of hydrogen-bond donors (Lipinski definition) is 1. The number of hydrogen-bond acceptors (Lipinski definition) is 4. The molecule has 1 aliphatic carbocycles. The number of ether oxygens (including phenoxy) is 1. The van der Waals surface area contributed by atoms with Gasteiger partial charge in [0.25, 0.3) is 5.91 Å². The molecule has 0 unspecified atom stereocenters. The summed E-state index contributed by atoms with van der Waals surface area (Å²) < 4.78 is 13.3. The molecular weight excluding hydrogens is 394 g/mol. The summed E-state index contributed by atoms with van der Waals surface area (Å²) in [5, 5.41) is 3.33. The molecular formula is C24H33N3O4. The van der Waals surface area contributed by atoms with Crippen LogP contribution in [-0.4, -0.2) is 52.1 Å². The molecule has 0 bridgehead atoms. The minimum Gasteiger partial charge on any atom is -0.463 e. The first kappa shape index (κ1) is 20.6. The molecule has 2 aliphatic heterocycles. The lowest BCUT2D eigenvalue weighted by Gasteiger charge is -2.45. The van der Waals surface area contributed by atoms with Crippen molar-refractivity contribution in [3.8, 4) is 0 Å². The van der Waals surface area contributed by atoms with Gasteiger partial charge in [0.1, 0.15) is 11.2 Å². The highest BCUT2D eigenvalue weighted by Crippen LogP contribution is 2.34. The van der Waals surface area contributed by atoms with Crippen LogP contribution in [-0.2, 0) is 16.1 Å². The standard InChI is InChI=1S/C24H33N3O4/c1-24(23(29)25-17-8-5-3-2-4-6-9-17)16-26-19-11-13-31-21(19)14-20(26)22(28)27(24)15-18-10-7-12-30-18/h11,13-14,17-18H,2-10,12,15-16H2,1H3,(H,25,29)/t18-,24+/m0/s1. The Balaban J connectivity index is 1.45. The van der Waals surface area contributed by atoms with E-state index in [9.17, 15) is 9.59 Å². The Morgan fingerprint density at radius 3 is 2.68 bits per heavy atom. The van der Waals surface area contributed by atoms with Crippen LogP contribution >= 0.6 is 0 Å². The van der Waals surface area contributed by atoms with Crippen molar-refractivity contribution >= 4 is 22.9 Å². The van der Waals surface area contributed by atoms with Crippen molar-refractivity contribution in [3.05, 3.63) is 24.1 Å². The molecule has 2 aromatic rings. The maximum Gasteiger partial charge on any atom is 0.271 e. The second-order valence-corrected chi connectivity index (χ2v) is 9.63. The van der Waals surface area contributed by atoms with Gasteiger partial charge in [-0.25, -0.2) is 0 Å². The molecule has 1 saturated heterocycles. The van der Waals surface area contributed by atoms with Crippen molar-refractivity contribution < 1.29 is 18.7 Å². The molecule has 2 fully saturated rings. The van der Waals surface area contributed by atoms with Crippen molar-refractivity contribution in [1.29, 1.82) is 0 Å². The van der Waals surface area contributed by atoms with Crippen LogP contribution in [0, 0.1) is 0 Å². The summed E-state index contributed by atoms with van der Waals surface area (Å²) in [6.45, 7) is 3.50. The zero-order valence-corrected chi connectivity index (χ0v) is 18.4. The summed E-state index contributed by atoms with van der Waals surface area (Å²) >= 11 is 0. The fourth-order valence-electron chi connectivity index (χ4n) is 5.49. The quantitative estimate of drug-likeness (QED) is 0.804. The molecule has 31 heavy (non-hydrogen) atoms. The Hall–Kier alpha value is -2.28. The molecule has 4 heterocycles. The average molecular weight is 428 g/mol. The molecule has 0 spiro atoms. The van der Waals surface area contributed by atoms with Crippen molar-refractivity contribution in [2.24, 2.45) is 0 Å². The summed E-state index contributed by atoms with van der Waals surface area (Å²) in [7, 11) is 0. The Morgan fingerprint density at radius 1 is 1.16 bits per heavy atom. The lowest BCUT2D eigenvalue weighted by molar-refractivity contribution is -0.134. The monoisotopic (exact) mass is 427 g/mol. The number of carbonyl (C=O) groups excluding carboxylic acids is 2. The van der Waals surface area contributed by atoms with E-state index in [4.69, 9.17) is 9.15 Å². The van der Waals surface area contributed by atoms with E-state index in [2.05, 4.69) is 5.32 Å². The zero-order valence-electron chi connectivity index (χ0n) is 18.4. The van der Waals surface area contributed by atoms with E-state index in [1.165, 1.54) is 19.3 Å². The summed E-state index contributed by atoms with van der Waals surface area (Å²) in [4.78, 5) is 29.1. The number of fused-ring (bicyclic) bond motifs is 3. The van der Waals surface area contributed by atoms with Gasteiger partial charge in [0.2, 0.25) is 5.91 Å². The predicted octanol–water partition coefficient (Wildman–Crippen LogP) is 3.86. The Labute approximate surface area is 183 Å². The topological polar surface area (TPSA) is 76.7 Å². The fraction of sp³-hybridized carbons (Fsp3) is 0.667. The lowest BCUT2D eigenvalue weighted by Crippen LogP contribution is -2.66. The van der Waals surface area contributed by atoms with E-state index in [1.54, 1.807) is 17.2 Å². The number of amides is 2. The maximum absolute atomic E-state index is 13.7. The van der Waals surface area contributed by atoms with Crippen LogP contribution in [0.2, 0.25) is 0 Å². The first-order valence-electron chi connectivity index (χ1n) is 11.9. The highest BCUT2D eigenvalue weighted by Gasteiger charge is 2.49. The third kappa shape index (κ3) is 3.77. The van der Waals surface area contributed by atoms with Gasteiger partial charge in [-0.2, -0.15) is 0 Å². The van der Waals surface area contributed by atoms with E-state index >= 15 is 0 Å². The second-order valence-electron chi connectivity index (χ2n) is 9.63. The summed E-state index contributed by atoms with van der Waals surface area (Å²) in [5.41, 5.74) is 1.17. The highest BCUT2D eigenvalue weighted by molar-refractivity contribution is 6.03. The minimum atomic E-state index is -0.971. The third-order valence-corrected chi connectivity index (χ3v) is 7.39. The molecule has 168 valence electrons. The Morgan fingerprint density at radius 2 is 1.94 bits per heavy atom. The van der Waals surface area contributed by atoms with E-state index in [-0.39, 0.29) is 24.0 Å². The molecule has 3 aliphatic rings. The average Bonchev–Trinajstić information content (AvgIpc) is 3.46. The summed E-state index contributed by atoms with van der Waals surface area (Å²) in [6, 6.07) is 3.85. The second kappa shape index (κ2) is 8.34. The van der Waals surface area contributed by atoms with Gasteiger partial charge >= 0.3 is 0 Å². The highest BCUT2D eigenvalue weighted by atomic mass is 16.5.